The topological polar surface area (TPSA) is 94.0 Å². The number of phenols is 4. The number of aromatic hydroxyl groups is 4. The van der Waals surface area contributed by atoms with E-state index in [1.54, 1.807) is 0 Å². The molecule has 4 N–H and O–H groups in total. The molecule has 282 valence electrons. The maximum atomic E-state index is 11.2. The second-order valence-corrected chi connectivity index (χ2v) is 15.5. The van der Waals surface area contributed by atoms with Gasteiger partial charge in [0.1, 0.15) is 0 Å². The summed E-state index contributed by atoms with van der Waals surface area (Å²) in [5.41, 5.74) is 10.9. The van der Waals surface area contributed by atoms with Crippen LogP contribution in [0.1, 0.15) is 11.5 Å². The third-order valence-electron chi connectivity index (χ3n) is 12.4. The molecule has 2 atom stereocenters. The molecule has 0 radical (unpaired) electrons. The fourth-order valence-corrected chi connectivity index (χ4v) is 9.78. The molecule has 0 bridgehead atoms. The smallest absolute Gasteiger partial charge is 0.206 e. The maximum absolute atomic E-state index is 11.2. The first kappa shape index (κ1) is 33.3. The van der Waals surface area contributed by atoms with Crippen molar-refractivity contribution < 1.29 is 20.4 Å². The molecule has 7 nitrogen and oxygen atoms in total. The summed E-state index contributed by atoms with van der Waals surface area (Å²) in [4.78, 5) is 2.47. The summed E-state index contributed by atoms with van der Waals surface area (Å²) in [6, 6.07) is 52.7. The minimum Gasteiger partial charge on any atom is -0.504 e. The molecular weight excluding hydrogens is 731 g/mol. The molecule has 7 heteroatoms. The number of hydrogen-bond donors (Lipinski definition) is 4. The van der Waals surface area contributed by atoms with Gasteiger partial charge in [0.2, 0.25) is 11.5 Å². The van der Waals surface area contributed by atoms with Crippen molar-refractivity contribution in [2.75, 3.05) is 4.90 Å². The zero-order valence-corrected chi connectivity index (χ0v) is 31.5. The van der Waals surface area contributed by atoms with Gasteiger partial charge in [0, 0.05) is 56.0 Å². The van der Waals surface area contributed by atoms with Crippen molar-refractivity contribution in [2.24, 2.45) is 0 Å². The number of anilines is 2. The van der Waals surface area contributed by atoms with Gasteiger partial charge in [-0.1, -0.05) is 115 Å². The second kappa shape index (κ2) is 12.3. The van der Waals surface area contributed by atoms with Gasteiger partial charge in [-0.3, -0.25) is 0 Å². The van der Waals surface area contributed by atoms with Gasteiger partial charge in [-0.05, 0) is 76.7 Å². The molecule has 8 aromatic carbocycles. The first-order valence-corrected chi connectivity index (χ1v) is 19.7. The van der Waals surface area contributed by atoms with E-state index < -0.39 is 23.0 Å². The monoisotopic (exact) mass is 765 g/mol. The molecule has 3 heterocycles. The quantitative estimate of drug-likeness (QED) is 0.106. The van der Waals surface area contributed by atoms with Crippen molar-refractivity contribution in [2.45, 2.75) is 12.0 Å². The summed E-state index contributed by atoms with van der Waals surface area (Å²) < 4.78 is 4.15. The van der Waals surface area contributed by atoms with E-state index in [4.69, 9.17) is 0 Å². The van der Waals surface area contributed by atoms with Gasteiger partial charge in [0.25, 0.3) is 0 Å². The predicted octanol–water partition coefficient (Wildman–Crippen LogP) is 12.3. The Morgan fingerprint density at radius 2 is 1.12 bits per heavy atom. The number of phenolic OH excluding ortho intramolecular Hbond substituents is 4. The number of benzene rings is 8. The minimum atomic E-state index is -0.780. The molecule has 59 heavy (non-hydrogen) atoms. The zero-order valence-electron chi connectivity index (χ0n) is 31.5. The van der Waals surface area contributed by atoms with Gasteiger partial charge in [-0.15, -0.1) is 0 Å². The number of allylic oxidation sites excluding steroid dienone is 2. The normalized spacial score (nSPS) is 15.9. The Bertz CT molecular complexity index is 3470. The lowest BCUT2D eigenvalue weighted by molar-refractivity contribution is 0.345. The van der Waals surface area contributed by atoms with E-state index in [1.165, 1.54) is 23.0 Å². The molecule has 2 aromatic heterocycles. The Morgan fingerprint density at radius 1 is 0.424 bits per heavy atom. The van der Waals surface area contributed by atoms with Crippen LogP contribution in [0.15, 0.2) is 176 Å². The van der Waals surface area contributed by atoms with E-state index in [1.807, 2.05) is 34.9 Å². The number of rotatable bonds is 4. The van der Waals surface area contributed by atoms with E-state index >= 15 is 0 Å². The summed E-state index contributed by atoms with van der Waals surface area (Å²) in [6.07, 6.45) is 8.94. The van der Waals surface area contributed by atoms with Crippen molar-refractivity contribution >= 4 is 65.8 Å². The highest BCUT2D eigenvalue weighted by atomic mass is 16.3. The molecule has 2 unspecified atom stereocenters. The van der Waals surface area contributed by atoms with Crippen molar-refractivity contribution in [1.29, 1.82) is 0 Å². The molecule has 1 aliphatic carbocycles. The molecule has 1 aliphatic heterocycles. The fourth-order valence-electron chi connectivity index (χ4n) is 9.78. The second-order valence-electron chi connectivity index (χ2n) is 15.5. The molecule has 0 saturated heterocycles. The molecule has 2 aliphatic rings. The first-order valence-electron chi connectivity index (χ1n) is 19.7. The Morgan fingerprint density at radius 3 is 2.00 bits per heavy atom. The van der Waals surface area contributed by atoms with E-state index in [2.05, 4.69) is 149 Å². The summed E-state index contributed by atoms with van der Waals surface area (Å²) in [7, 11) is 0. The maximum Gasteiger partial charge on any atom is 0.206 e. The average Bonchev–Trinajstić information content (AvgIpc) is 3.92. The van der Waals surface area contributed by atoms with Crippen LogP contribution in [0.25, 0.3) is 76.9 Å². The van der Waals surface area contributed by atoms with Gasteiger partial charge in [0.15, 0.2) is 11.5 Å². The third kappa shape index (κ3) is 4.70. The minimum absolute atomic E-state index is 0.149. The van der Waals surface area contributed by atoms with E-state index in [9.17, 15) is 20.4 Å². The van der Waals surface area contributed by atoms with Gasteiger partial charge in [0.05, 0.1) is 33.8 Å². The molecule has 0 saturated carbocycles. The molecule has 0 fully saturated rings. The Labute approximate surface area is 338 Å². The van der Waals surface area contributed by atoms with Gasteiger partial charge >= 0.3 is 0 Å². The summed E-state index contributed by atoms with van der Waals surface area (Å²) in [5.74, 6) is -2.32. The first-order chi connectivity index (χ1) is 28.9. The predicted molar refractivity (Wildman–Crippen MR) is 238 cm³/mol. The van der Waals surface area contributed by atoms with Crippen molar-refractivity contribution in [3.63, 3.8) is 0 Å². The standard InChI is InChI=1S/C52H35N3O4/c56-48-29-47(50(57)52(59)51(48)58)55-45-25-21-34(28-41(45)39-23-18-30-10-4-5-13-35(30)49(39)55)54-43-17-9-7-15-37(43)40-26-31(20-24-44(40)54)32-19-22-38-36-14-6-8-16-42(36)53(46(38)27-32)33-11-2-1-3-12-33/h1-29,36,42,56-59H. The van der Waals surface area contributed by atoms with Crippen LogP contribution in [-0.4, -0.2) is 35.6 Å². The van der Waals surface area contributed by atoms with Crippen LogP contribution in [-0.2, 0) is 0 Å². The van der Waals surface area contributed by atoms with Gasteiger partial charge in [-0.2, -0.15) is 0 Å². The van der Waals surface area contributed by atoms with Crippen LogP contribution >= 0.6 is 0 Å². The molecule has 10 aromatic rings. The zero-order chi connectivity index (χ0) is 39.5. The summed E-state index contributed by atoms with van der Waals surface area (Å²) in [6.45, 7) is 0. The Kier molecular flexibility index (Phi) is 6.93. The van der Waals surface area contributed by atoms with Gasteiger partial charge in [-0.25, -0.2) is 0 Å². The van der Waals surface area contributed by atoms with Gasteiger partial charge < -0.3 is 34.5 Å². The lowest BCUT2D eigenvalue weighted by Crippen LogP contribution is -2.28. The molecule has 12 rings (SSSR count). The van der Waals surface area contributed by atoms with Crippen molar-refractivity contribution in [3.05, 3.63) is 182 Å². The van der Waals surface area contributed by atoms with Crippen LogP contribution in [0.4, 0.5) is 11.4 Å². The Hall–Kier alpha value is -7.90. The van der Waals surface area contributed by atoms with Crippen LogP contribution in [0.2, 0.25) is 0 Å². The third-order valence-corrected chi connectivity index (χ3v) is 12.4. The lowest BCUT2D eigenvalue weighted by Gasteiger charge is -2.28. The van der Waals surface area contributed by atoms with Crippen LogP contribution < -0.4 is 4.90 Å². The number of aromatic nitrogens is 2. The molecule has 0 spiro atoms. The summed E-state index contributed by atoms with van der Waals surface area (Å²) in [5, 5.41) is 48.8. The van der Waals surface area contributed by atoms with E-state index in [-0.39, 0.29) is 11.7 Å². The average molecular weight is 766 g/mol. The number of para-hydroxylation sites is 2. The lowest BCUT2D eigenvalue weighted by atomic mass is 9.90. The van der Waals surface area contributed by atoms with Crippen LogP contribution in [0, 0.1) is 0 Å². The Balaban J connectivity index is 1.05. The van der Waals surface area contributed by atoms with E-state index in [0.29, 0.717) is 5.92 Å². The highest BCUT2D eigenvalue weighted by molar-refractivity contribution is 6.19. The largest absolute Gasteiger partial charge is 0.504 e. The number of nitrogens with zero attached hydrogens (tertiary/aromatic N) is 3. The van der Waals surface area contributed by atoms with Crippen LogP contribution in [0.5, 0.6) is 23.0 Å². The van der Waals surface area contributed by atoms with E-state index in [0.717, 1.165) is 71.2 Å². The van der Waals surface area contributed by atoms with Crippen molar-refractivity contribution in [1.82, 2.24) is 9.13 Å². The number of fused-ring (bicyclic) bond motifs is 11. The highest BCUT2D eigenvalue weighted by Gasteiger charge is 2.37. The highest BCUT2D eigenvalue weighted by Crippen LogP contribution is 2.50. The molecular formula is C52H35N3O4. The fraction of sp³-hybridized carbons (Fsp3) is 0.0385. The van der Waals surface area contributed by atoms with Crippen LogP contribution in [0.3, 0.4) is 0 Å². The number of hydrogen-bond acceptors (Lipinski definition) is 5. The SMILES string of the molecule is Oc1cc(-n2c3ccc(-n4c5ccccc5c5cc(-c6ccc7c(c6)N(c6ccccc6)C6C=CC=CC76)ccc54)cc3c3ccc4ccccc4c32)c(O)c(O)c1O. The van der Waals surface area contributed by atoms with Crippen molar-refractivity contribution in [3.8, 4) is 45.5 Å². The molecule has 0 amide bonds. The summed E-state index contributed by atoms with van der Waals surface area (Å²) >= 11 is 0.